The van der Waals surface area contributed by atoms with Crippen molar-refractivity contribution in [3.63, 3.8) is 0 Å². The Morgan fingerprint density at radius 2 is 1.58 bits per heavy atom. The molecule has 0 spiro atoms. The predicted molar refractivity (Wildman–Crippen MR) is 126 cm³/mol. The normalized spacial score (nSPS) is 14.3. The molecule has 0 unspecified atom stereocenters. The third-order valence-corrected chi connectivity index (χ3v) is 6.22. The van der Waals surface area contributed by atoms with Crippen LogP contribution in [0, 0.1) is 5.82 Å². The molecule has 0 saturated heterocycles. The molecule has 0 atom stereocenters. The van der Waals surface area contributed by atoms with Crippen molar-refractivity contribution < 1.29 is 14.3 Å². The molecule has 5 rings (SSSR count). The number of anilines is 2. The van der Waals surface area contributed by atoms with Gasteiger partial charge in [0.25, 0.3) is 0 Å². The summed E-state index contributed by atoms with van der Waals surface area (Å²) in [6.07, 6.45) is 2.27. The van der Waals surface area contributed by atoms with Gasteiger partial charge in [-0.2, -0.15) is 0 Å². The van der Waals surface area contributed by atoms with Crippen LogP contribution in [0.2, 0.25) is 0 Å². The molecule has 5 nitrogen and oxygen atoms in total. The number of aliphatic carboxylic acids is 1. The lowest BCUT2D eigenvalue weighted by Crippen LogP contribution is -2.42. The number of carboxylic acids is 1. The first-order valence-corrected chi connectivity index (χ1v) is 10.8. The minimum absolute atomic E-state index is 0.318. The van der Waals surface area contributed by atoms with Crippen molar-refractivity contribution in [1.82, 2.24) is 9.97 Å². The molecule has 0 amide bonds. The third-order valence-electron chi connectivity index (χ3n) is 6.22. The van der Waals surface area contributed by atoms with Gasteiger partial charge in [0.2, 0.25) is 0 Å². The van der Waals surface area contributed by atoms with E-state index in [1.165, 1.54) is 12.1 Å². The average Bonchev–Trinajstić information content (AvgIpc) is 2.80. The van der Waals surface area contributed by atoms with Crippen molar-refractivity contribution in [2.45, 2.75) is 24.7 Å². The molecule has 4 aromatic rings. The second-order valence-electron chi connectivity index (χ2n) is 8.28. The Morgan fingerprint density at radius 1 is 0.879 bits per heavy atom. The molecule has 1 aromatic heterocycles. The molecule has 1 saturated carbocycles. The Labute approximate surface area is 191 Å². The zero-order valence-corrected chi connectivity index (χ0v) is 17.8. The van der Waals surface area contributed by atoms with Gasteiger partial charge in [0.1, 0.15) is 11.6 Å². The van der Waals surface area contributed by atoms with Gasteiger partial charge in [0, 0.05) is 22.9 Å². The van der Waals surface area contributed by atoms with E-state index in [0.29, 0.717) is 30.0 Å². The van der Waals surface area contributed by atoms with Crippen LogP contribution in [0.25, 0.3) is 22.6 Å². The molecule has 1 fully saturated rings. The van der Waals surface area contributed by atoms with Gasteiger partial charge in [0.15, 0.2) is 5.82 Å². The number of aromatic nitrogens is 2. The molecular weight excluding hydrogens is 417 g/mol. The van der Waals surface area contributed by atoms with Crippen LogP contribution < -0.4 is 5.32 Å². The van der Waals surface area contributed by atoms with Gasteiger partial charge in [-0.25, -0.2) is 14.4 Å². The van der Waals surface area contributed by atoms with Crippen molar-refractivity contribution >= 4 is 17.5 Å². The summed E-state index contributed by atoms with van der Waals surface area (Å²) < 4.78 is 13.4. The van der Waals surface area contributed by atoms with Crippen LogP contribution in [0.1, 0.15) is 24.8 Å². The van der Waals surface area contributed by atoms with Gasteiger partial charge >= 0.3 is 5.97 Å². The van der Waals surface area contributed by atoms with E-state index >= 15 is 0 Å². The van der Waals surface area contributed by atoms with Gasteiger partial charge in [-0.15, -0.1) is 0 Å². The molecule has 1 heterocycles. The first-order chi connectivity index (χ1) is 16.0. The Morgan fingerprint density at radius 3 is 2.18 bits per heavy atom. The summed E-state index contributed by atoms with van der Waals surface area (Å²) in [7, 11) is 0. The number of carboxylic acid groups (broad SMARTS) is 1. The highest BCUT2D eigenvalue weighted by Crippen LogP contribution is 2.44. The first-order valence-electron chi connectivity index (χ1n) is 10.8. The third kappa shape index (κ3) is 4.07. The molecule has 0 bridgehead atoms. The Bertz CT molecular complexity index is 1290. The van der Waals surface area contributed by atoms with Crippen LogP contribution in [0.15, 0.2) is 84.9 Å². The SMILES string of the molecule is O=C(O)C1(c2ccc(Nc3cc(-c4ccccc4)nc(-c4ccc(F)cc4)n3)cc2)CCC1. The van der Waals surface area contributed by atoms with E-state index in [2.05, 4.69) is 10.3 Å². The second kappa shape index (κ2) is 8.47. The minimum Gasteiger partial charge on any atom is -0.481 e. The number of halogens is 1. The van der Waals surface area contributed by atoms with E-state index in [9.17, 15) is 14.3 Å². The van der Waals surface area contributed by atoms with Crippen LogP contribution >= 0.6 is 0 Å². The fourth-order valence-electron chi connectivity index (χ4n) is 4.17. The maximum absolute atomic E-state index is 13.4. The standard InChI is InChI=1S/C27H22FN3O2/c28-21-11-7-19(8-12-21)25-30-23(18-5-2-1-3-6-18)17-24(31-25)29-22-13-9-20(10-14-22)27(26(32)33)15-4-16-27/h1-3,5-14,17H,4,15-16H2,(H,32,33)(H,29,30,31). The van der Waals surface area contributed by atoms with E-state index in [0.717, 1.165) is 28.9 Å². The molecule has 1 aliphatic rings. The largest absolute Gasteiger partial charge is 0.481 e. The molecule has 0 aliphatic heterocycles. The topological polar surface area (TPSA) is 75.1 Å². The maximum atomic E-state index is 13.4. The first kappa shape index (κ1) is 20.8. The summed E-state index contributed by atoms with van der Waals surface area (Å²) in [5.41, 5.74) is 3.25. The molecular formula is C27H22FN3O2. The molecule has 164 valence electrons. The Hall–Kier alpha value is -4.06. The number of nitrogens with one attached hydrogen (secondary N) is 1. The number of rotatable bonds is 6. The maximum Gasteiger partial charge on any atom is 0.314 e. The van der Waals surface area contributed by atoms with Gasteiger partial charge in [-0.05, 0) is 54.8 Å². The summed E-state index contributed by atoms with van der Waals surface area (Å²) in [6.45, 7) is 0. The van der Waals surface area contributed by atoms with Gasteiger partial charge in [-0.3, -0.25) is 4.79 Å². The Kier molecular flexibility index (Phi) is 5.34. The van der Waals surface area contributed by atoms with Crippen molar-refractivity contribution in [2.24, 2.45) is 0 Å². The van der Waals surface area contributed by atoms with E-state index in [1.54, 1.807) is 12.1 Å². The second-order valence-corrected chi connectivity index (χ2v) is 8.28. The van der Waals surface area contributed by atoms with Crippen molar-refractivity contribution in [3.05, 3.63) is 96.3 Å². The van der Waals surface area contributed by atoms with E-state index in [-0.39, 0.29) is 5.82 Å². The van der Waals surface area contributed by atoms with E-state index in [1.807, 2.05) is 60.7 Å². The molecule has 1 aliphatic carbocycles. The smallest absolute Gasteiger partial charge is 0.314 e. The van der Waals surface area contributed by atoms with Crippen molar-refractivity contribution in [1.29, 1.82) is 0 Å². The van der Waals surface area contributed by atoms with E-state index in [4.69, 9.17) is 4.98 Å². The molecule has 0 radical (unpaired) electrons. The highest BCUT2D eigenvalue weighted by Gasteiger charge is 2.45. The van der Waals surface area contributed by atoms with Crippen LogP contribution in [0.3, 0.4) is 0 Å². The van der Waals surface area contributed by atoms with Crippen molar-refractivity contribution in [2.75, 3.05) is 5.32 Å². The highest BCUT2D eigenvalue weighted by atomic mass is 19.1. The summed E-state index contributed by atoms with van der Waals surface area (Å²) in [5.74, 6) is -0.00834. The van der Waals surface area contributed by atoms with E-state index < -0.39 is 11.4 Å². The average molecular weight is 439 g/mol. The van der Waals surface area contributed by atoms with Crippen LogP contribution in [0.5, 0.6) is 0 Å². The Balaban J connectivity index is 1.49. The van der Waals surface area contributed by atoms with Crippen molar-refractivity contribution in [3.8, 4) is 22.6 Å². The lowest BCUT2D eigenvalue weighted by atomic mass is 9.64. The molecule has 6 heteroatoms. The van der Waals surface area contributed by atoms with Crippen LogP contribution in [-0.4, -0.2) is 21.0 Å². The summed E-state index contributed by atoms with van der Waals surface area (Å²) >= 11 is 0. The predicted octanol–water partition coefficient (Wildman–Crippen LogP) is 6.20. The fraction of sp³-hybridized carbons (Fsp3) is 0.148. The number of nitrogens with zero attached hydrogens (tertiary/aromatic N) is 2. The van der Waals surface area contributed by atoms with Crippen LogP contribution in [-0.2, 0) is 10.2 Å². The van der Waals surface area contributed by atoms with Crippen LogP contribution in [0.4, 0.5) is 15.9 Å². The quantitative estimate of drug-likeness (QED) is 0.374. The molecule has 3 aromatic carbocycles. The summed E-state index contributed by atoms with van der Waals surface area (Å²) in [6, 6.07) is 25.2. The number of hydrogen-bond donors (Lipinski definition) is 2. The zero-order chi connectivity index (χ0) is 22.8. The summed E-state index contributed by atoms with van der Waals surface area (Å²) in [5, 5.41) is 13.0. The zero-order valence-electron chi connectivity index (χ0n) is 17.8. The van der Waals surface area contributed by atoms with Gasteiger partial charge < -0.3 is 10.4 Å². The highest BCUT2D eigenvalue weighted by molar-refractivity contribution is 5.83. The molecule has 2 N–H and O–H groups in total. The van der Waals surface area contributed by atoms with Gasteiger partial charge in [0.05, 0.1) is 11.1 Å². The molecule has 33 heavy (non-hydrogen) atoms. The monoisotopic (exact) mass is 439 g/mol. The summed E-state index contributed by atoms with van der Waals surface area (Å²) in [4.78, 5) is 21.1. The number of carbonyl (C=O) groups is 1. The lowest BCUT2D eigenvalue weighted by Gasteiger charge is -2.38. The van der Waals surface area contributed by atoms with Gasteiger partial charge in [-0.1, -0.05) is 48.9 Å². The lowest BCUT2D eigenvalue weighted by molar-refractivity contribution is -0.147. The number of benzene rings is 3. The minimum atomic E-state index is -0.762. The fourth-order valence-corrected chi connectivity index (χ4v) is 4.17. The number of hydrogen-bond acceptors (Lipinski definition) is 4.